The van der Waals surface area contributed by atoms with Gasteiger partial charge in [-0.15, -0.1) is 16.8 Å². The molecule has 1 aromatic heterocycles. The van der Waals surface area contributed by atoms with Crippen molar-refractivity contribution in [2.45, 2.75) is 17.5 Å². The molecule has 0 bridgehead atoms. The third-order valence-electron chi connectivity index (χ3n) is 3.75. The van der Waals surface area contributed by atoms with Gasteiger partial charge in [0.15, 0.2) is 11.0 Å². The summed E-state index contributed by atoms with van der Waals surface area (Å²) < 4.78 is 34.2. The van der Waals surface area contributed by atoms with Crippen LogP contribution < -0.4 is 4.74 Å². The number of thioether (sulfide) groups is 1. The zero-order chi connectivity index (χ0) is 18.5. The van der Waals surface area contributed by atoms with E-state index in [-0.39, 0.29) is 0 Å². The first kappa shape index (κ1) is 18.1. The molecule has 0 amide bonds. The van der Waals surface area contributed by atoms with E-state index < -0.39 is 11.6 Å². The summed E-state index contributed by atoms with van der Waals surface area (Å²) in [5.41, 5.74) is 1.22. The monoisotopic (exact) mass is 373 g/mol. The van der Waals surface area contributed by atoms with Gasteiger partial charge in [-0.1, -0.05) is 36.0 Å². The molecule has 0 saturated heterocycles. The maximum Gasteiger partial charge on any atom is 0.192 e. The van der Waals surface area contributed by atoms with Crippen molar-refractivity contribution < 1.29 is 13.5 Å². The number of aromatic nitrogens is 3. The van der Waals surface area contributed by atoms with Crippen LogP contribution in [0, 0.1) is 11.6 Å². The standard InChI is InChI=1S/C19H17F2N3OS/c1-3-10-24-18(15-6-4-5-7-17(15)25-2)22-23-19(24)26-12-13-8-9-14(20)11-16(13)21/h3-9,11H,1,10,12H2,2H3. The van der Waals surface area contributed by atoms with Crippen LogP contribution in [0.4, 0.5) is 8.78 Å². The van der Waals surface area contributed by atoms with Crippen LogP contribution in [0.5, 0.6) is 5.75 Å². The second-order valence-electron chi connectivity index (χ2n) is 5.43. The normalized spacial score (nSPS) is 10.7. The lowest BCUT2D eigenvalue weighted by Gasteiger charge is -2.10. The number of ether oxygens (including phenoxy) is 1. The fourth-order valence-corrected chi connectivity index (χ4v) is 3.43. The van der Waals surface area contributed by atoms with Crippen LogP contribution in [0.15, 0.2) is 60.3 Å². The molecule has 26 heavy (non-hydrogen) atoms. The molecular formula is C19H17F2N3OS. The van der Waals surface area contributed by atoms with E-state index in [1.54, 1.807) is 13.2 Å². The molecule has 0 fully saturated rings. The maximum absolute atomic E-state index is 13.8. The zero-order valence-corrected chi connectivity index (χ0v) is 15.0. The Kier molecular flexibility index (Phi) is 5.68. The molecule has 0 aliphatic rings. The first-order valence-corrected chi connectivity index (χ1v) is 8.86. The molecule has 1 heterocycles. The molecule has 3 aromatic rings. The Balaban J connectivity index is 1.91. The van der Waals surface area contributed by atoms with Crippen LogP contribution >= 0.6 is 11.8 Å². The molecule has 0 aliphatic carbocycles. The Hall–Kier alpha value is -2.67. The highest BCUT2D eigenvalue weighted by Gasteiger charge is 2.17. The summed E-state index contributed by atoms with van der Waals surface area (Å²) in [5, 5.41) is 9.12. The molecule has 7 heteroatoms. The predicted octanol–water partition coefficient (Wildman–Crippen LogP) is 4.71. The van der Waals surface area contributed by atoms with Crippen LogP contribution in [0.2, 0.25) is 0 Å². The number of para-hydroxylation sites is 1. The third-order valence-corrected chi connectivity index (χ3v) is 4.76. The Morgan fingerprint density at radius 2 is 2.00 bits per heavy atom. The summed E-state index contributed by atoms with van der Waals surface area (Å²) in [6.45, 7) is 4.27. The lowest BCUT2D eigenvalue weighted by atomic mass is 10.2. The number of hydrogen-bond acceptors (Lipinski definition) is 4. The molecule has 0 saturated carbocycles. The van der Waals surface area contributed by atoms with Crippen LogP contribution in [-0.2, 0) is 12.3 Å². The van der Waals surface area contributed by atoms with Crippen molar-refractivity contribution in [1.82, 2.24) is 14.8 Å². The SMILES string of the molecule is C=CCn1c(SCc2ccc(F)cc2F)nnc1-c1ccccc1OC. The van der Waals surface area contributed by atoms with Gasteiger partial charge in [0.1, 0.15) is 17.4 Å². The average Bonchev–Trinajstić information content (AvgIpc) is 3.04. The topological polar surface area (TPSA) is 39.9 Å². The molecule has 0 unspecified atom stereocenters. The van der Waals surface area contributed by atoms with Crippen LogP contribution in [0.3, 0.4) is 0 Å². The molecule has 2 aromatic carbocycles. The van der Waals surface area contributed by atoms with Crippen molar-refractivity contribution in [2.75, 3.05) is 7.11 Å². The van der Waals surface area contributed by atoms with Crippen molar-refractivity contribution in [2.24, 2.45) is 0 Å². The van der Waals surface area contributed by atoms with Crippen molar-refractivity contribution in [1.29, 1.82) is 0 Å². The number of nitrogens with zero attached hydrogens (tertiary/aromatic N) is 3. The summed E-state index contributed by atoms with van der Waals surface area (Å²) >= 11 is 1.33. The Labute approximate surface area is 154 Å². The van der Waals surface area contributed by atoms with E-state index >= 15 is 0 Å². The minimum absolute atomic E-state index is 0.313. The number of hydrogen-bond donors (Lipinski definition) is 0. The number of halogens is 2. The van der Waals surface area contributed by atoms with E-state index in [2.05, 4.69) is 16.8 Å². The van der Waals surface area contributed by atoms with Gasteiger partial charge in [0, 0.05) is 18.4 Å². The molecule has 0 aliphatic heterocycles. The zero-order valence-electron chi connectivity index (χ0n) is 14.2. The quantitative estimate of drug-likeness (QED) is 0.444. The summed E-state index contributed by atoms with van der Waals surface area (Å²) in [5.74, 6) is 0.477. The molecule has 4 nitrogen and oxygen atoms in total. The molecule has 0 spiro atoms. The molecule has 0 N–H and O–H groups in total. The highest BCUT2D eigenvalue weighted by Crippen LogP contribution is 2.32. The average molecular weight is 373 g/mol. The summed E-state index contributed by atoms with van der Waals surface area (Å²) in [6.07, 6.45) is 1.74. The fraction of sp³-hybridized carbons (Fsp3) is 0.158. The van der Waals surface area contributed by atoms with Gasteiger partial charge in [-0.3, -0.25) is 4.57 Å². The first-order valence-electron chi connectivity index (χ1n) is 7.88. The first-order chi connectivity index (χ1) is 12.6. The summed E-state index contributed by atoms with van der Waals surface area (Å²) in [6, 6.07) is 11.1. The minimum atomic E-state index is -0.593. The van der Waals surface area contributed by atoms with Gasteiger partial charge in [0.05, 0.1) is 12.7 Å². The van der Waals surface area contributed by atoms with Crippen molar-refractivity contribution in [3.63, 3.8) is 0 Å². The van der Waals surface area contributed by atoms with Crippen molar-refractivity contribution >= 4 is 11.8 Å². The van der Waals surface area contributed by atoms with Gasteiger partial charge in [0.25, 0.3) is 0 Å². The number of methoxy groups -OCH3 is 1. The third kappa shape index (κ3) is 3.77. The van der Waals surface area contributed by atoms with Crippen LogP contribution in [-0.4, -0.2) is 21.9 Å². The minimum Gasteiger partial charge on any atom is -0.496 e. The lowest BCUT2D eigenvalue weighted by Crippen LogP contribution is -2.02. The van der Waals surface area contributed by atoms with E-state index in [0.29, 0.717) is 34.6 Å². The van der Waals surface area contributed by atoms with Gasteiger partial charge in [-0.25, -0.2) is 8.78 Å². The van der Waals surface area contributed by atoms with Crippen LogP contribution in [0.25, 0.3) is 11.4 Å². The number of benzene rings is 2. The highest BCUT2D eigenvalue weighted by molar-refractivity contribution is 7.98. The van der Waals surface area contributed by atoms with E-state index in [1.807, 2.05) is 28.8 Å². The van der Waals surface area contributed by atoms with Gasteiger partial charge >= 0.3 is 0 Å². The molecular weight excluding hydrogens is 356 g/mol. The Bertz CT molecular complexity index is 927. The van der Waals surface area contributed by atoms with E-state index in [1.165, 1.54) is 23.9 Å². The second kappa shape index (κ2) is 8.14. The Morgan fingerprint density at radius 3 is 2.73 bits per heavy atom. The maximum atomic E-state index is 13.8. The predicted molar refractivity (Wildman–Crippen MR) is 98.1 cm³/mol. The van der Waals surface area contributed by atoms with Gasteiger partial charge < -0.3 is 4.74 Å². The Morgan fingerprint density at radius 1 is 1.19 bits per heavy atom. The summed E-state index contributed by atoms with van der Waals surface area (Å²) in [4.78, 5) is 0. The molecule has 134 valence electrons. The lowest BCUT2D eigenvalue weighted by molar-refractivity contribution is 0.416. The van der Waals surface area contributed by atoms with E-state index in [0.717, 1.165) is 11.6 Å². The van der Waals surface area contributed by atoms with Crippen LogP contribution in [0.1, 0.15) is 5.56 Å². The number of rotatable bonds is 7. The van der Waals surface area contributed by atoms with Gasteiger partial charge in [-0.05, 0) is 23.8 Å². The largest absolute Gasteiger partial charge is 0.496 e. The number of allylic oxidation sites excluding steroid dienone is 1. The van der Waals surface area contributed by atoms with E-state index in [9.17, 15) is 8.78 Å². The van der Waals surface area contributed by atoms with Crippen molar-refractivity contribution in [3.8, 4) is 17.1 Å². The van der Waals surface area contributed by atoms with Gasteiger partial charge in [0.2, 0.25) is 0 Å². The second-order valence-corrected chi connectivity index (χ2v) is 6.37. The smallest absolute Gasteiger partial charge is 0.192 e. The molecule has 3 rings (SSSR count). The highest BCUT2D eigenvalue weighted by atomic mass is 32.2. The fourth-order valence-electron chi connectivity index (χ4n) is 2.50. The molecule has 0 atom stereocenters. The van der Waals surface area contributed by atoms with E-state index in [4.69, 9.17) is 4.74 Å². The summed E-state index contributed by atoms with van der Waals surface area (Å²) in [7, 11) is 1.60. The molecule has 0 radical (unpaired) electrons. The van der Waals surface area contributed by atoms with Crippen molar-refractivity contribution in [3.05, 3.63) is 72.3 Å². The van der Waals surface area contributed by atoms with Gasteiger partial charge in [-0.2, -0.15) is 0 Å².